The second-order valence-corrected chi connectivity index (χ2v) is 12.8. The van der Waals surface area contributed by atoms with Gasteiger partial charge < -0.3 is 33.5 Å². The maximum absolute atomic E-state index is 14.3. The summed E-state index contributed by atoms with van der Waals surface area (Å²) < 4.78 is 18.1. The molecule has 0 radical (unpaired) electrons. The summed E-state index contributed by atoms with van der Waals surface area (Å²) in [5.74, 6) is -0.700. The van der Waals surface area contributed by atoms with Gasteiger partial charge in [-0.05, 0) is 58.1 Å². The van der Waals surface area contributed by atoms with E-state index < -0.39 is 23.7 Å². The summed E-state index contributed by atoms with van der Waals surface area (Å²) in [6.07, 6.45) is 1.49. The maximum atomic E-state index is 14.3. The number of carbonyl (C=O) groups is 4. The number of methoxy groups -OCH3 is 1. The maximum Gasteiger partial charge on any atom is 0.410 e. The molecule has 0 saturated carbocycles. The zero-order valence-corrected chi connectivity index (χ0v) is 26.5. The third-order valence-electron chi connectivity index (χ3n) is 7.56. The molecule has 3 amide bonds. The fraction of sp³-hybridized carbons (Fsp3) is 0.742. The number of hydrogen-bond acceptors (Lipinski definition) is 7. The van der Waals surface area contributed by atoms with E-state index in [1.807, 2.05) is 34.6 Å². The van der Waals surface area contributed by atoms with Crippen molar-refractivity contribution in [2.24, 2.45) is 11.8 Å². The summed E-state index contributed by atoms with van der Waals surface area (Å²) in [5, 5.41) is 0. The van der Waals surface area contributed by atoms with Crippen molar-refractivity contribution < 1.29 is 33.4 Å². The minimum atomic E-state index is -0.700. The minimum absolute atomic E-state index is 0.0334. The van der Waals surface area contributed by atoms with Gasteiger partial charge in [0.25, 0.3) is 5.91 Å². The Labute approximate surface area is 250 Å². The lowest BCUT2D eigenvalue weighted by molar-refractivity contribution is -0.142. The predicted octanol–water partition coefficient (Wildman–Crippen LogP) is 3.70. The van der Waals surface area contributed by atoms with Gasteiger partial charge in [-0.25, -0.2) is 4.79 Å². The Morgan fingerprint density at radius 2 is 1.69 bits per heavy atom. The second kappa shape index (κ2) is 15.0. The number of morpholine rings is 1. The molecule has 3 rings (SSSR count). The van der Waals surface area contributed by atoms with E-state index in [4.69, 9.17) is 14.2 Å². The summed E-state index contributed by atoms with van der Waals surface area (Å²) in [6.45, 7) is 15.0. The topological polar surface area (TPSA) is 111 Å². The van der Waals surface area contributed by atoms with Gasteiger partial charge in [-0.15, -0.1) is 0 Å². The van der Waals surface area contributed by atoms with Crippen molar-refractivity contribution in [2.45, 2.75) is 79.0 Å². The van der Waals surface area contributed by atoms with Crippen LogP contribution in [0.15, 0.2) is 12.1 Å². The molecule has 1 aromatic rings. The number of likely N-dealkylation sites (tertiary alicyclic amines) is 1. The van der Waals surface area contributed by atoms with E-state index >= 15 is 0 Å². The van der Waals surface area contributed by atoms with Gasteiger partial charge in [-0.2, -0.15) is 0 Å². The van der Waals surface area contributed by atoms with Crippen molar-refractivity contribution in [1.29, 1.82) is 0 Å². The van der Waals surface area contributed by atoms with E-state index in [1.54, 1.807) is 38.5 Å². The first-order valence-corrected chi connectivity index (χ1v) is 15.2. The molecule has 2 saturated heterocycles. The number of carbonyl (C=O) groups excluding carboxylic acids is 4. The molecule has 11 nitrogen and oxygen atoms in total. The van der Waals surface area contributed by atoms with Crippen LogP contribution in [0.3, 0.4) is 0 Å². The van der Waals surface area contributed by atoms with Crippen LogP contribution in [0.4, 0.5) is 4.79 Å². The molecular formula is C31H50N4O7. The number of hydrogen-bond donors (Lipinski definition) is 0. The van der Waals surface area contributed by atoms with Crippen molar-refractivity contribution >= 4 is 23.7 Å². The lowest BCUT2D eigenvalue weighted by Crippen LogP contribution is -2.58. The molecule has 42 heavy (non-hydrogen) atoms. The van der Waals surface area contributed by atoms with E-state index in [9.17, 15) is 19.2 Å². The number of nitrogens with zero attached hydrogens (tertiary/aromatic N) is 4. The lowest BCUT2D eigenvalue weighted by atomic mass is 9.91. The largest absolute Gasteiger partial charge is 0.444 e. The molecule has 2 aliphatic heterocycles. The van der Waals surface area contributed by atoms with E-state index in [0.29, 0.717) is 63.8 Å². The molecule has 2 atom stereocenters. The van der Waals surface area contributed by atoms with E-state index in [-0.39, 0.29) is 36.6 Å². The molecule has 0 aliphatic carbocycles. The monoisotopic (exact) mass is 590 g/mol. The second-order valence-electron chi connectivity index (χ2n) is 12.8. The molecule has 1 aromatic heterocycles. The molecular weight excluding hydrogens is 540 g/mol. The zero-order chi connectivity index (χ0) is 31.0. The number of aromatic nitrogens is 1. The van der Waals surface area contributed by atoms with Gasteiger partial charge in [0.1, 0.15) is 11.3 Å². The molecule has 11 heteroatoms. The average molecular weight is 591 g/mol. The third-order valence-corrected chi connectivity index (χ3v) is 7.56. The van der Waals surface area contributed by atoms with Crippen LogP contribution in [-0.2, 0) is 25.5 Å². The van der Waals surface area contributed by atoms with Crippen LogP contribution in [-0.4, -0.2) is 114 Å². The van der Waals surface area contributed by atoms with Crippen LogP contribution in [0.1, 0.15) is 81.8 Å². The van der Waals surface area contributed by atoms with Gasteiger partial charge >= 0.3 is 6.09 Å². The number of Topliss-reactive ketones (excluding diaryl/α,β-unsaturated/α-hetero) is 1. The first-order valence-electron chi connectivity index (χ1n) is 15.2. The molecule has 2 aliphatic rings. The Bertz CT molecular complexity index is 1090. The summed E-state index contributed by atoms with van der Waals surface area (Å²) in [5.41, 5.74) is 0.219. The van der Waals surface area contributed by atoms with Gasteiger partial charge in [0.15, 0.2) is 5.78 Å². The normalized spacial score (nSPS) is 19.6. The van der Waals surface area contributed by atoms with Crippen molar-refractivity contribution in [3.05, 3.63) is 23.5 Å². The molecule has 236 valence electrons. The highest BCUT2D eigenvalue weighted by Gasteiger charge is 2.41. The number of ether oxygens (including phenoxy) is 3. The molecule has 2 fully saturated rings. The Balaban J connectivity index is 1.95. The van der Waals surface area contributed by atoms with Crippen LogP contribution in [0, 0.1) is 11.8 Å². The van der Waals surface area contributed by atoms with E-state index in [2.05, 4.69) is 0 Å². The van der Waals surface area contributed by atoms with Crippen molar-refractivity contribution in [1.82, 2.24) is 19.3 Å². The molecule has 0 spiro atoms. The predicted molar refractivity (Wildman–Crippen MR) is 159 cm³/mol. The highest BCUT2D eigenvalue weighted by molar-refractivity contribution is 5.98. The highest BCUT2D eigenvalue weighted by atomic mass is 16.6. The molecule has 0 N–H and O–H groups in total. The van der Waals surface area contributed by atoms with Crippen LogP contribution in [0.25, 0.3) is 0 Å². The summed E-state index contributed by atoms with van der Waals surface area (Å²) in [7, 11) is 1.65. The van der Waals surface area contributed by atoms with Gasteiger partial charge in [0.2, 0.25) is 5.91 Å². The number of amides is 3. The van der Waals surface area contributed by atoms with Crippen LogP contribution < -0.4 is 0 Å². The standard InChI is InChI=1S/C31H50N4O7/c1-22(2)19-35(29(38)27-11-10-26(23(3)36)34(27)12-8-9-15-40-7)25-18-24(28(37)32-13-16-41-17-14-32)20-33(21-25)30(39)42-31(4,5)6/h10-11,22,24-25H,8-9,12-21H2,1-7H3/t24-,25+/m1/s1. The molecule has 0 unspecified atom stereocenters. The first kappa shape index (κ1) is 33.6. The van der Waals surface area contributed by atoms with Gasteiger partial charge in [0.05, 0.1) is 30.9 Å². The summed E-state index contributed by atoms with van der Waals surface area (Å²) >= 11 is 0. The lowest BCUT2D eigenvalue weighted by Gasteiger charge is -2.44. The number of ketones is 1. The Morgan fingerprint density at radius 1 is 1.02 bits per heavy atom. The summed E-state index contributed by atoms with van der Waals surface area (Å²) in [4.78, 5) is 58.9. The third kappa shape index (κ3) is 9.04. The van der Waals surface area contributed by atoms with Crippen molar-refractivity contribution in [2.75, 3.05) is 59.7 Å². The highest BCUT2D eigenvalue weighted by Crippen LogP contribution is 2.28. The van der Waals surface area contributed by atoms with Crippen LogP contribution in [0.2, 0.25) is 0 Å². The van der Waals surface area contributed by atoms with Crippen LogP contribution >= 0.6 is 0 Å². The van der Waals surface area contributed by atoms with E-state index in [0.717, 1.165) is 12.8 Å². The Kier molecular flexibility index (Phi) is 12.0. The molecule has 0 aromatic carbocycles. The van der Waals surface area contributed by atoms with Crippen molar-refractivity contribution in [3.8, 4) is 0 Å². The smallest absolute Gasteiger partial charge is 0.410 e. The van der Waals surface area contributed by atoms with Gasteiger partial charge in [-0.3, -0.25) is 14.4 Å². The molecule has 0 bridgehead atoms. The SMILES string of the molecule is COCCCCn1c(C(C)=O)ccc1C(=O)N(CC(C)C)[C@H]1C[C@@H](C(=O)N2CCOCC2)CN(C(=O)OC(C)(C)C)C1. The minimum Gasteiger partial charge on any atom is -0.444 e. The quantitative estimate of drug-likeness (QED) is 0.286. The van der Waals surface area contributed by atoms with Gasteiger partial charge in [0, 0.05) is 59.9 Å². The molecule has 3 heterocycles. The first-order chi connectivity index (χ1) is 19.8. The van der Waals surface area contributed by atoms with Gasteiger partial charge in [-0.1, -0.05) is 13.8 Å². The number of unbranched alkanes of at least 4 members (excludes halogenated alkanes) is 1. The van der Waals surface area contributed by atoms with Crippen molar-refractivity contribution in [3.63, 3.8) is 0 Å². The van der Waals surface area contributed by atoms with E-state index in [1.165, 1.54) is 6.92 Å². The number of piperidine rings is 1. The van der Waals surface area contributed by atoms with Crippen LogP contribution in [0.5, 0.6) is 0 Å². The fourth-order valence-electron chi connectivity index (χ4n) is 5.65. The number of rotatable bonds is 11. The zero-order valence-electron chi connectivity index (χ0n) is 26.5. The fourth-order valence-corrected chi connectivity index (χ4v) is 5.65. The summed E-state index contributed by atoms with van der Waals surface area (Å²) in [6, 6.07) is 3.01. The Hall–Kier alpha value is -2.92. The average Bonchev–Trinajstić information content (AvgIpc) is 3.36. The Morgan fingerprint density at radius 3 is 2.29 bits per heavy atom.